The molecule has 180 valence electrons. The highest BCUT2D eigenvalue weighted by Crippen LogP contribution is 2.30. The van der Waals surface area contributed by atoms with Crippen molar-refractivity contribution >= 4 is 29.0 Å². The quantitative estimate of drug-likeness (QED) is 0.440. The Bertz CT molecular complexity index is 1180. The monoisotopic (exact) mass is 466 g/mol. The molecule has 4 N–H and O–H groups in total. The van der Waals surface area contributed by atoms with Crippen molar-refractivity contribution in [3.63, 3.8) is 0 Å². The second kappa shape index (κ2) is 10.7. The van der Waals surface area contributed by atoms with Gasteiger partial charge in [0.2, 0.25) is 5.91 Å². The summed E-state index contributed by atoms with van der Waals surface area (Å²) in [6, 6.07) is 9.11. The van der Waals surface area contributed by atoms with E-state index in [9.17, 15) is 9.59 Å². The summed E-state index contributed by atoms with van der Waals surface area (Å²) in [7, 11) is 0. The standard InChI is InChI=1S/C24H30N6O4/c1-6-33-17-8-9-19(34-7-2)18(12-17)26-24(32)22-23(25)30(29-28-22)13-20(31)27-21-15(4)10-14(3)11-16(21)5/h8-12H,6-7,13,25H2,1-5H3,(H,26,32)(H,27,31). The van der Waals surface area contributed by atoms with Crippen molar-refractivity contribution in [2.75, 3.05) is 29.6 Å². The van der Waals surface area contributed by atoms with Gasteiger partial charge in [-0.1, -0.05) is 22.9 Å². The molecule has 0 fully saturated rings. The number of rotatable bonds is 9. The van der Waals surface area contributed by atoms with Crippen LogP contribution in [0, 0.1) is 20.8 Å². The molecule has 0 aliphatic heterocycles. The highest BCUT2D eigenvalue weighted by Gasteiger charge is 2.21. The van der Waals surface area contributed by atoms with Gasteiger partial charge >= 0.3 is 0 Å². The van der Waals surface area contributed by atoms with Gasteiger partial charge < -0.3 is 25.8 Å². The van der Waals surface area contributed by atoms with Crippen LogP contribution in [-0.2, 0) is 11.3 Å². The third kappa shape index (κ3) is 5.64. The van der Waals surface area contributed by atoms with E-state index in [1.165, 1.54) is 4.68 Å². The number of ether oxygens (including phenoxy) is 2. The predicted molar refractivity (Wildman–Crippen MR) is 130 cm³/mol. The third-order valence-corrected chi connectivity index (χ3v) is 5.03. The summed E-state index contributed by atoms with van der Waals surface area (Å²) in [5.74, 6) is 0.124. The van der Waals surface area contributed by atoms with E-state index in [4.69, 9.17) is 15.2 Å². The lowest BCUT2D eigenvalue weighted by molar-refractivity contribution is -0.116. The Hall–Kier alpha value is -4.08. The van der Waals surface area contributed by atoms with Crippen molar-refractivity contribution in [1.82, 2.24) is 15.0 Å². The Morgan fingerprint density at radius 1 is 1.00 bits per heavy atom. The zero-order chi connectivity index (χ0) is 24.8. The van der Waals surface area contributed by atoms with Gasteiger partial charge in [-0.3, -0.25) is 9.59 Å². The number of nitrogen functional groups attached to an aromatic ring is 1. The summed E-state index contributed by atoms with van der Waals surface area (Å²) in [6.45, 7) is 10.3. The summed E-state index contributed by atoms with van der Waals surface area (Å²) in [4.78, 5) is 25.5. The van der Waals surface area contributed by atoms with Crippen LogP contribution in [0.1, 0.15) is 41.0 Å². The number of amides is 2. The van der Waals surface area contributed by atoms with Gasteiger partial charge in [-0.25, -0.2) is 4.68 Å². The van der Waals surface area contributed by atoms with Crippen LogP contribution in [0.15, 0.2) is 30.3 Å². The van der Waals surface area contributed by atoms with Gasteiger partial charge in [0, 0.05) is 11.8 Å². The number of nitrogens with zero attached hydrogens (tertiary/aromatic N) is 3. The zero-order valence-corrected chi connectivity index (χ0v) is 20.1. The molecule has 34 heavy (non-hydrogen) atoms. The molecule has 2 amide bonds. The fourth-order valence-corrected chi connectivity index (χ4v) is 3.62. The number of aromatic nitrogens is 3. The number of carbonyl (C=O) groups excluding carboxylic acids is 2. The van der Waals surface area contributed by atoms with E-state index in [-0.39, 0.29) is 24.0 Å². The second-order valence-corrected chi connectivity index (χ2v) is 7.78. The smallest absolute Gasteiger partial charge is 0.280 e. The molecule has 0 atom stereocenters. The van der Waals surface area contributed by atoms with E-state index in [1.807, 2.05) is 46.8 Å². The maximum Gasteiger partial charge on any atom is 0.280 e. The lowest BCUT2D eigenvalue weighted by atomic mass is 10.1. The van der Waals surface area contributed by atoms with Crippen molar-refractivity contribution < 1.29 is 19.1 Å². The molecule has 1 heterocycles. The van der Waals surface area contributed by atoms with Crippen LogP contribution in [0.25, 0.3) is 0 Å². The minimum Gasteiger partial charge on any atom is -0.494 e. The average molecular weight is 467 g/mol. The molecule has 0 saturated carbocycles. The van der Waals surface area contributed by atoms with Gasteiger partial charge in [-0.2, -0.15) is 0 Å². The fraction of sp³-hybridized carbons (Fsp3) is 0.333. The van der Waals surface area contributed by atoms with E-state index in [2.05, 4.69) is 20.9 Å². The minimum atomic E-state index is -0.580. The maximum absolute atomic E-state index is 12.9. The van der Waals surface area contributed by atoms with Crippen LogP contribution in [-0.4, -0.2) is 40.0 Å². The Morgan fingerprint density at radius 3 is 2.32 bits per heavy atom. The van der Waals surface area contributed by atoms with Crippen LogP contribution in [0.3, 0.4) is 0 Å². The van der Waals surface area contributed by atoms with Gasteiger partial charge in [-0.05, 0) is 57.9 Å². The van der Waals surface area contributed by atoms with Gasteiger partial charge in [0.05, 0.1) is 18.9 Å². The molecule has 10 nitrogen and oxygen atoms in total. The van der Waals surface area contributed by atoms with E-state index in [1.54, 1.807) is 18.2 Å². The molecule has 1 aromatic heterocycles. The summed E-state index contributed by atoms with van der Waals surface area (Å²) in [6.07, 6.45) is 0. The number of nitrogens with one attached hydrogen (secondary N) is 2. The minimum absolute atomic E-state index is 0.0241. The number of benzene rings is 2. The van der Waals surface area contributed by atoms with Gasteiger partial charge in [0.1, 0.15) is 18.0 Å². The fourth-order valence-electron chi connectivity index (χ4n) is 3.62. The molecular formula is C24H30N6O4. The largest absolute Gasteiger partial charge is 0.494 e. The number of aryl methyl sites for hydroxylation is 3. The first-order chi connectivity index (χ1) is 16.2. The molecule has 0 aliphatic rings. The van der Waals surface area contributed by atoms with Gasteiger partial charge in [-0.15, -0.1) is 5.10 Å². The maximum atomic E-state index is 12.9. The molecule has 3 aromatic rings. The summed E-state index contributed by atoms with van der Waals surface area (Å²) >= 11 is 0. The number of hydrogen-bond acceptors (Lipinski definition) is 7. The van der Waals surface area contributed by atoms with E-state index in [0.29, 0.717) is 30.4 Å². The van der Waals surface area contributed by atoms with Gasteiger partial charge in [0.15, 0.2) is 11.5 Å². The topological polar surface area (TPSA) is 133 Å². The number of nitrogens with two attached hydrogens (primary N) is 1. The van der Waals surface area contributed by atoms with Crippen molar-refractivity contribution in [3.8, 4) is 11.5 Å². The third-order valence-electron chi connectivity index (χ3n) is 5.03. The number of anilines is 3. The molecular weight excluding hydrogens is 436 g/mol. The Morgan fingerprint density at radius 2 is 1.68 bits per heavy atom. The average Bonchev–Trinajstić information content (AvgIpc) is 3.13. The lowest BCUT2D eigenvalue weighted by Crippen LogP contribution is -2.22. The molecule has 0 spiro atoms. The molecule has 10 heteroatoms. The summed E-state index contributed by atoms with van der Waals surface area (Å²) in [5.41, 5.74) is 10.2. The van der Waals surface area contributed by atoms with Crippen LogP contribution in [0.5, 0.6) is 11.5 Å². The molecule has 0 bridgehead atoms. The normalized spacial score (nSPS) is 10.6. The first kappa shape index (κ1) is 24.6. The van der Waals surface area contributed by atoms with Gasteiger partial charge in [0.25, 0.3) is 5.91 Å². The highest BCUT2D eigenvalue weighted by molar-refractivity contribution is 6.06. The second-order valence-electron chi connectivity index (χ2n) is 7.78. The SMILES string of the molecule is CCOc1ccc(OCC)c(NC(=O)c2nnn(CC(=O)Nc3c(C)cc(C)cc3C)c2N)c1. The van der Waals surface area contributed by atoms with E-state index in [0.717, 1.165) is 22.4 Å². The number of carbonyl (C=O) groups is 2. The van der Waals surface area contributed by atoms with Crippen LogP contribution in [0.2, 0.25) is 0 Å². The molecule has 0 saturated heterocycles. The molecule has 0 aliphatic carbocycles. The van der Waals surface area contributed by atoms with E-state index >= 15 is 0 Å². The highest BCUT2D eigenvalue weighted by atomic mass is 16.5. The lowest BCUT2D eigenvalue weighted by Gasteiger charge is -2.13. The van der Waals surface area contributed by atoms with Crippen molar-refractivity contribution in [2.24, 2.45) is 0 Å². The first-order valence-electron chi connectivity index (χ1n) is 11.0. The molecule has 2 aromatic carbocycles. The van der Waals surface area contributed by atoms with Crippen LogP contribution in [0.4, 0.5) is 17.2 Å². The van der Waals surface area contributed by atoms with Crippen molar-refractivity contribution in [3.05, 3.63) is 52.7 Å². The molecule has 3 rings (SSSR count). The molecule has 0 radical (unpaired) electrons. The number of hydrogen-bond donors (Lipinski definition) is 3. The molecule has 0 unspecified atom stereocenters. The van der Waals surface area contributed by atoms with Crippen LogP contribution < -0.4 is 25.8 Å². The Balaban J connectivity index is 1.75. The van der Waals surface area contributed by atoms with E-state index < -0.39 is 5.91 Å². The Kier molecular flexibility index (Phi) is 7.72. The predicted octanol–water partition coefficient (Wildman–Crippen LogP) is 3.47. The van der Waals surface area contributed by atoms with Crippen LogP contribution >= 0.6 is 0 Å². The van der Waals surface area contributed by atoms with Crippen molar-refractivity contribution in [1.29, 1.82) is 0 Å². The Labute approximate surface area is 198 Å². The first-order valence-corrected chi connectivity index (χ1v) is 11.0. The van der Waals surface area contributed by atoms with Crippen molar-refractivity contribution in [2.45, 2.75) is 41.2 Å². The summed E-state index contributed by atoms with van der Waals surface area (Å²) in [5, 5.41) is 13.4. The summed E-state index contributed by atoms with van der Waals surface area (Å²) < 4.78 is 12.3. The zero-order valence-electron chi connectivity index (χ0n) is 20.1.